The smallest absolute Gasteiger partial charge is 0.272 e. The normalized spacial score (nSPS) is 10.3. The first-order valence-electron chi connectivity index (χ1n) is 6.46. The molecule has 2 heterocycles. The van der Waals surface area contributed by atoms with Crippen LogP contribution in [-0.2, 0) is 13.5 Å². The van der Waals surface area contributed by atoms with Crippen LogP contribution in [0.2, 0.25) is 0 Å². The van der Waals surface area contributed by atoms with Gasteiger partial charge in [-0.3, -0.25) is 14.5 Å². The summed E-state index contributed by atoms with van der Waals surface area (Å²) in [6.07, 6.45) is 4.30. The third-order valence-electron chi connectivity index (χ3n) is 3.02. The average Bonchev–Trinajstić information content (AvgIpc) is 2.84. The van der Waals surface area contributed by atoms with Gasteiger partial charge in [-0.1, -0.05) is 0 Å². The molecular weight excluding hydrogens is 254 g/mol. The monoisotopic (exact) mass is 273 g/mol. The summed E-state index contributed by atoms with van der Waals surface area (Å²) in [5, 5.41) is 7.42. The molecule has 2 aromatic heterocycles. The molecule has 106 valence electrons. The number of carbonyl (C=O) groups excluding carboxylic acids is 1. The van der Waals surface area contributed by atoms with Crippen LogP contribution in [0.5, 0.6) is 0 Å². The number of aromatic nitrogens is 3. The van der Waals surface area contributed by atoms with E-state index in [1.165, 1.54) is 4.90 Å². The summed E-state index contributed by atoms with van der Waals surface area (Å²) < 4.78 is 1.86. The van der Waals surface area contributed by atoms with Crippen molar-refractivity contribution in [3.63, 3.8) is 0 Å². The minimum Gasteiger partial charge on any atom is -0.385 e. The minimum absolute atomic E-state index is 0.0970. The Morgan fingerprint density at radius 3 is 2.80 bits per heavy atom. The van der Waals surface area contributed by atoms with E-state index in [1.54, 1.807) is 32.6 Å². The second-order valence-corrected chi connectivity index (χ2v) is 4.75. The Morgan fingerprint density at radius 1 is 1.35 bits per heavy atom. The highest BCUT2D eigenvalue weighted by molar-refractivity contribution is 5.92. The molecule has 2 aromatic rings. The summed E-state index contributed by atoms with van der Waals surface area (Å²) in [5.41, 5.74) is 2.50. The van der Waals surface area contributed by atoms with Crippen LogP contribution < -0.4 is 5.32 Å². The van der Waals surface area contributed by atoms with E-state index < -0.39 is 0 Å². The van der Waals surface area contributed by atoms with Crippen LogP contribution >= 0.6 is 0 Å². The fraction of sp³-hybridized carbons (Fsp3) is 0.357. The molecule has 2 rings (SSSR count). The third kappa shape index (κ3) is 3.34. The quantitative estimate of drug-likeness (QED) is 0.888. The van der Waals surface area contributed by atoms with Crippen LogP contribution in [0.3, 0.4) is 0 Å². The first-order chi connectivity index (χ1) is 9.58. The van der Waals surface area contributed by atoms with Gasteiger partial charge in [-0.05, 0) is 18.2 Å². The molecule has 0 saturated carbocycles. The van der Waals surface area contributed by atoms with E-state index in [1.807, 2.05) is 23.9 Å². The molecule has 1 amide bonds. The van der Waals surface area contributed by atoms with Gasteiger partial charge in [0.2, 0.25) is 0 Å². The van der Waals surface area contributed by atoms with Gasteiger partial charge in [0.1, 0.15) is 5.69 Å². The summed E-state index contributed by atoms with van der Waals surface area (Å²) >= 11 is 0. The van der Waals surface area contributed by atoms with Gasteiger partial charge in [-0.15, -0.1) is 0 Å². The molecule has 0 radical (unpaired) electrons. The maximum absolute atomic E-state index is 11.8. The molecule has 20 heavy (non-hydrogen) atoms. The molecule has 0 aliphatic heterocycles. The van der Waals surface area contributed by atoms with Crippen LogP contribution in [0.1, 0.15) is 16.2 Å². The van der Waals surface area contributed by atoms with E-state index in [9.17, 15) is 4.79 Å². The molecule has 6 heteroatoms. The van der Waals surface area contributed by atoms with Crippen LogP contribution in [0.25, 0.3) is 0 Å². The van der Waals surface area contributed by atoms with Crippen molar-refractivity contribution in [1.82, 2.24) is 19.7 Å². The first-order valence-corrected chi connectivity index (χ1v) is 6.46. The van der Waals surface area contributed by atoms with Gasteiger partial charge in [0.05, 0.1) is 0 Å². The minimum atomic E-state index is -0.0970. The highest BCUT2D eigenvalue weighted by Gasteiger charge is 2.09. The number of hydrogen-bond donors (Lipinski definition) is 1. The van der Waals surface area contributed by atoms with Crippen molar-refractivity contribution in [1.29, 1.82) is 0 Å². The largest absolute Gasteiger partial charge is 0.385 e. The Kier molecular flexibility index (Phi) is 4.34. The molecule has 1 N–H and O–H groups in total. The van der Waals surface area contributed by atoms with E-state index in [0.717, 1.165) is 24.3 Å². The van der Waals surface area contributed by atoms with Crippen molar-refractivity contribution in [3.05, 3.63) is 42.0 Å². The third-order valence-corrected chi connectivity index (χ3v) is 3.02. The zero-order valence-corrected chi connectivity index (χ0v) is 12.0. The van der Waals surface area contributed by atoms with E-state index in [2.05, 4.69) is 15.4 Å². The van der Waals surface area contributed by atoms with Crippen LogP contribution in [0.15, 0.2) is 30.6 Å². The Balaban J connectivity index is 1.95. The molecular formula is C14H19N5O. The Hall–Kier alpha value is -2.37. The number of pyridine rings is 1. The van der Waals surface area contributed by atoms with Crippen LogP contribution in [-0.4, -0.2) is 46.2 Å². The zero-order chi connectivity index (χ0) is 14.5. The molecule has 0 fully saturated rings. The number of amides is 1. The lowest BCUT2D eigenvalue weighted by atomic mass is 10.2. The summed E-state index contributed by atoms with van der Waals surface area (Å²) in [4.78, 5) is 17.4. The van der Waals surface area contributed by atoms with Crippen LogP contribution in [0.4, 0.5) is 5.69 Å². The van der Waals surface area contributed by atoms with Crippen molar-refractivity contribution in [2.45, 2.75) is 6.42 Å². The molecule has 0 unspecified atom stereocenters. The second-order valence-electron chi connectivity index (χ2n) is 4.75. The second kappa shape index (κ2) is 6.18. The predicted molar refractivity (Wildman–Crippen MR) is 77.7 cm³/mol. The molecule has 0 bridgehead atoms. The Labute approximate surface area is 118 Å². The Bertz CT molecular complexity index is 591. The summed E-state index contributed by atoms with van der Waals surface area (Å²) in [6.45, 7) is 0.777. The number of hydrogen-bond acceptors (Lipinski definition) is 4. The van der Waals surface area contributed by atoms with E-state index in [-0.39, 0.29) is 5.91 Å². The van der Waals surface area contributed by atoms with Crippen molar-refractivity contribution >= 4 is 11.6 Å². The fourth-order valence-electron chi connectivity index (χ4n) is 1.87. The molecule has 0 saturated heterocycles. The van der Waals surface area contributed by atoms with Crippen molar-refractivity contribution in [3.8, 4) is 0 Å². The topological polar surface area (TPSA) is 63.1 Å². The lowest BCUT2D eigenvalue weighted by molar-refractivity contribution is 0.0822. The van der Waals surface area contributed by atoms with Crippen molar-refractivity contribution in [2.24, 2.45) is 7.05 Å². The van der Waals surface area contributed by atoms with E-state index in [0.29, 0.717) is 5.69 Å². The van der Waals surface area contributed by atoms with Gasteiger partial charge >= 0.3 is 0 Å². The van der Waals surface area contributed by atoms with E-state index >= 15 is 0 Å². The standard InChI is InChI=1S/C14H19N5O/c1-18(2)14(20)13-10-11(4-7-16-13)15-8-5-12-6-9-17-19(12)3/h4,6-7,9-10H,5,8H2,1-3H3,(H,15,16). The number of nitrogens with zero attached hydrogens (tertiary/aromatic N) is 4. The van der Waals surface area contributed by atoms with E-state index in [4.69, 9.17) is 0 Å². The lowest BCUT2D eigenvalue weighted by Crippen LogP contribution is -2.22. The summed E-state index contributed by atoms with van der Waals surface area (Å²) in [5.74, 6) is -0.0970. The predicted octanol–water partition coefficient (Wildman–Crippen LogP) is 1.17. The highest BCUT2D eigenvalue weighted by Crippen LogP contribution is 2.09. The van der Waals surface area contributed by atoms with Gasteiger partial charge in [-0.25, -0.2) is 0 Å². The maximum atomic E-state index is 11.8. The highest BCUT2D eigenvalue weighted by atomic mass is 16.2. The Morgan fingerprint density at radius 2 is 2.15 bits per heavy atom. The molecule has 0 spiro atoms. The molecule has 0 aliphatic rings. The first kappa shape index (κ1) is 14.0. The number of nitrogens with one attached hydrogen (secondary N) is 1. The van der Waals surface area contributed by atoms with Crippen molar-refractivity contribution in [2.75, 3.05) is 26.0 Å². The van der Waals surface area contributed by atoms with Gasteiger partial charge in [-0.2, -0.15) is 5.10 Å². The average molecular weight is 273 g/mol. The number of carbonyl (C=O) groups is 1. The molecule has 0 aromatic carbocycles. The number of rotatable bonds is 5. The summed E-state index contributed by atoms with van der Waals surface area (Å²) in [6, 6.07) is 5.62. The molecule has 0 aliphatic carbocycles. The SMILES string of the molecule is CN(C)C(=O)c1cc(NCCc2ccnn2C)ccn1. The fourth-order valence-corrected chi connectivity index (χ4v) is 1.87. The number of aryl methyl sites for hydroxylation is 1. The molecule has 0 atom stereocenters. The van der Waals surface area contributed by atoms with Gasteiger partial charge in [0.15, 0.2) is 0 Å². The van der Waals surface area contributed by atoms with Gasteiger partial charge in [0, 0.05) is 57.9 Å². The zero-order valence-electron chi connectivity index (χ0n) is 12.0. The van der Waals surface area contributed by atoms with Gasteiger partial charge < -0.3 is 10.2 Å². The summed E-state index contributed by atoms with van der Waals surface area (Å²) in [7, 11) is 5.36. The number of anilines is 1. The lowest BCUT2D eigenvalue weighted by Gasteiger charge is -2.11. The van der Waals surface area contributed by atoms with Gasteiger partial charge in [0.25, 0.3) is 5.91 Å². The maximum Gasteiger partial charge on any atom is 0.272 e. The molecule has 6 nitrogen and oxygen atoms in total. The van der Waals surface area contributed by atoms with Crippen LogP contribution in [0, 0.1) is 0 Å². The van der Waals surface area contributed by atoms with Crippen molar-refractivity contribution < 1.29 is 4.79 Å².